The number of rotatable bonds is 2. The predicted octanol–water partition coefficient (Wildman–Crippen LogP) is 1.33. The first-order valence-electron chi connectivity index (χ1n) is 5.12. The highest BCUT2D eigenvalue weighted by Gasteiger charge is 2.04. The van der Waals surface area contributed by atoms with Gasteiger partial charge in [0.2, 0.25) is 5.95 Å². The molecule has 0 aliphatic rings. The molecule has 0 aliphatic carbocycles. The molecule has 1 heterocycles. The lowest BCUT2D eigenvalue weighted by atomic mass is 10.2. The zero-order valence-electron chi connectivity index (χ0n) is 9.24. The van der Waals surface area contributed by atoms with Crippen molar-refractivity contribution in [3.8, 4) is 0 Å². The molecule has 1 aromatic heterocycles. The minimum atomic E-state index is -0.180. The number of nitrogen functional groups attached to an aromatic ring is 1. The summed E-state index contributed by atoms with van der Waals surface area (Å²) in [5.41, 5.74) is 6.63. The standard InChI is InChI=1S/C11H14N4O/c1-6(2)13-11-14-9-4-3-7(12)5-8(9)10(16)15-11/h3-6H,12H2,1-2H3,(H2,13,14,15,16). The van der Waals surface area contributed by atoms with Gasteiger partial charge in [-0.05, 0) is 32.0 Å². The summed E-state index contributed by atoms with van der Waals surface area (Å²) in [5, 5.41) is 3.56. The average molecular weight is 218 g/mol. The summed E-state index contributed by atoms with van der Waals surface area (Å²) in [6, 6.07) is 5.31. The molecule has 4 N–H and O–H groups in total. The van der Waals surface area contributed by atoms with Crippen LogP contribution in [0.2, 0.25) is 0 Å². The highest BCUT2D eigenvalue weighted by Crippen LogP contribution is 2.12. The Bertz CT molecular complexity index is 574. The maximum absolute atomic E-state index is 11.7. The van der Waals surface area contributed by atoms with E-state index in [9.17, 15) is 4.79 Å². The van der Waals surface area contributed by atoms with Crippen LogP contribution in [-0.4, -0.2) is 16.0 Å². The number of anilines is 2. The Balaban J connectivity index is 2.59. The van der Waals surface area contributed by atoms with Gasteiger partial charge in [0, 0.05) is 11.7 Å². The minimum Gasteiger partial charge on any atom is -0.399 e. The van der Waals surface area contributed by atoms with Gasteiger partial charge >= 0.3 is 0 Å². The van der Waals surface area contributed by atoms with Crippen LogP contribution in [0.25, 0.3) is 10.9 Å². The number of nitrogens with zero attached hydrogens (tertiary/aromatic N) is 1. The van der Waals surface area contributed by atoms with Gasteiger partial charge in [0.05, 0.1) is 10.9 Å². The van der Waals surface area contributed by atoms with Gasteiger partial charge in [-0.2, -0.15) is 0 Å². The van der Waals surface area contributed by atoms with Crippen molar-refractivity contribution >= 4 is 22.5 Å². The molecule has 0 radical (unpaired) electrons. The van der Waals surface area contributed by atoms with Gasteiger partial charge in [0.1, 0.15) is 0 Å². The molecular formula is C11H14N4O. The van der Waals surface area contributed by atoms with Crippen LogP contribution in [0.1, 0.15) is 13.8 Å². The van der Waals surface area contributed by atoms with Crippen LogP contribution < -0.4 is 16.6 Å². The number of H-pyrrole nitrogens is 1. The summed E-state index contributed by atoms with van der Waals surface area (Å²) < 4.78 is 0. The van der Waals surface area contributed by atoms with Gasteiger partial charge in [0.25, 0.3) is 5.56 Å². The number of aromatic nitrogens is 2. The maximum atomic E-state index is 11.7. The number of hydrogen-bond acceptors (Lipinski definition) is 4. The van der Waals surface area contributed by atoms with Gasteiger partial charge in [-0.15, -0.1) is 0 Å². The van der Waals surface area contributed by atoms with Crippen molar-refractivity contribution in [2.45, 2.75) is 19.9 Å². The number of benzene rings is 1. The van der Waals surface area contributed by atoms with Crippen molar-refractivity contribution in [3.05, 3.63) is 28.6 Å². The van der Waals surface area contributed by atoms with E-state index >= 15 is 0 Å². The Kier molecular flexibility index (Phi) is 2.52. The molecule has 16 heavy (non-hydrogen) atoms. The Morgan fingerprint density at radius 1 is 1.44 bits per heavy atom. The van der Waals surface area contributed by atoms with Gasteiger partial charge in [-0.3, -0.25) is 9.78 Å². The normalized spacial score (nSPS) is 10.9. The van der Waals surface area contributed by atoms with E-state index in [1.807, 2.05) is 13.8 Å². The minimum absolute atomic E-state index is 0.180. The zero-order chi connectivity index (χ0) is 11.7. The van der Waals surface area contributed by atoms with E-state index in [0.29, 0.717) is 22.5 Å². The number of hydrogen-bond donors (Lipinski definition) is 3. The molecule has 0 bridgehead atoms. The van der Waals surface area contributed by atoms with Gasteiger partial charge in [-0.25, -0.2) is 4.98 Å². The Labute approximate surface area is 92.7 Å². The van der Waals surface area contributed by atoms with Crippen molar-refractivity contribution in [2.24, 2.45) is 0 Å². The van der Waals surface area contributed by atoms with Crippen LogP contribution in [0, 0.1) is 0 Å². The van der Waals surface area contributed by atoms with Crippen molar-refractivity contribution < 1.29 is 0 Å². The van der Waals surface area contributed by atoms with E-state index in [4.69, 9.17) is 5.73 Å². The number of nitrogens with two attached hydrogens (primary N) is 1. The fourth-order valence-corrected chi connectivity index (χ4v) is 1.50. The highest BCUT2D eigenvalue weighted by atomic mass is 16.1. The summed E-state index contributed by atoms with van der Waals surface area (Å²) in [5.74, 6) is 0.484. The molecular weight excluding hydrogens is 204 g/mol. The van der Waals surface area contributed by atoms with Crippen molar-refractivity contribution in [1.29, 1.82) is 0 Å². The molecule has 0 saturated carbocycles. The number of nitrogens with one attached hydrogen (secondary N) is 2. The molecule has 0 unspecified atom stereocenters. The number of fused-ring (bicyclic) bond motifs is 1. The summed E-state index contributed by atoms with van der Waals surface area (Å²) in [7, 11) is 0. The zero-order valence-corrected chi connectivity index (χ0v) is 9.24. The maximum Gasteiger partial charge on any atom is 0.260 e. The molecule has 0 amide bonds. The fraction of sp³-hybridized carbons (Fsp3) is 0.273. The van der Waals surface area contributed by atoms with Crippen molar-refractivity contribution in [3.63, 3.8) is 0 Å². The van der Waals surface area contributed by atoms with Gasteiger partial charge in [0.15, 0.2) is 0 Å². The third kappa shape index (κ3) is 1.98. The topological polar surface area (TPSA) is 83.8 Å². The van der Waals surface area contributed by atoms with E-state index in [1.54, 1.807) is 18.2 Å². The third-order valence-electron chi connectivity index (χ3n) is 2.15. The molecule has 0 fully saturated rings. The number of aromatic amines is 1. The summed E-state index contributed by atoms with van der Waals surface area (Å²) >= 11 is 0. The van der Waals surface area contributed by atoms with Crippen LogP contribution in [0.15, 0.2) is 23.0 Å². The predicted molar refractivity (Wildman–Crippen MR) is 65.5 cm³/mol. The Hall–Kier alpha value is -2.04. The fourth-order valence-electron chi connectivity index (χ4n) is 1.50. The van der Waals surface area contributed by atoms with Gasteiger partial charge in [-0.1, -0.05) is 0 Å². The summed E-state index contributed by atoms with van der Waals surface area (Å²) in [4.78, 5) is 18.7. The van der Waals surface area contributed by atoms with Crippen LogP contribution in [0.4, 0.5) is 11.6 Å². The molecule has 5 nitrogen and oxygen atoms in total. The SMILES string of the molecule is CC(C)Nc1nc2ccc(N)cc2c(=O)[nH]1. The monoisotopic (exact) mass is 218 g/mol. The van der Waals surface area contributed by atoms with Crippen LogP contribution in [0.3, 0.4) is 0 Å². The highest BCUT2D eigenvalue weighted by molar-refractivity contribution is 5.81. The molecule has 0 atom stereocenters. The van der Waals surface area contributed by atoms with E-state index in [0.717, 1.165) is 0 Å². The van der Waals surface area contributed by atoms with Crippen LogP contribution in [0.5, 0.6) is 0 Å². The molecule has 0 saturated heterocycles. The summed E-state index contributed by atoms with van der Waals surface area (Å²) in [6.45, 7) is 3.96. The molecule has 0 aliphatic heterocycles. The lowest BCUT2D eigenvalue weighted by molar-refractivity contribution is 0.875. The first kappa shape index (κ1) is 10.5. The summed E-state index contributed by atoms with van der Waals surface area (Å²) in [6.07, 6.45) is 0. The molecule has 5 heteroatoms. The largest absolute Gasteiger partial charge is 0.399 e. The second-order valence-corrected chi connectivity index (χ2v) is 3.99. The van der Waals surface area contributed by atoms with Crippen LogP contribution in [-0.2, 0) is 0 Å². The first-order valence-corrected chi connectivity index (χ1v) is 5.12. The Morgan fingerprint density at radius 2 is 2.19 bits per heavy atom. The van der Waals surface area contributed by atoms with E-state index < -0.39 is 0 Å². The molecule has 2 rings (SSSR count). The smallest absolute Gasteiger partial charge is 0.260 e. The average Bonchev–Trinajstić information content (AvgIpc) is 2.18. The van der Waals surface area contributed by atoms with E-state index in [2.05, 4.69) is 15.3 Å². The second-order valence-electron chi connectivity index (χ2n) is 3.99. The molecule has 84 valence electrons. The second kappa shape index (κ2) is 3.84. The van der Waals surface area contributed by atoms with Crippen molar-refractivity contribution in [1.82, 2.24) is 9.97 Å². The molecule has 1 aromatic carbocycles. The lowest BCUT2D eigenvalue weighted by Crippen LogP contribution is -2.17. The lowest BCUT2D eigenvalue weighted by Gasteiger charge is -2.09. The third-order valence-corrected chi connectivity index (χ3v) is 2.15. The molecule has 0 spiro atoms. The van der Waals surface area contributed by atoms with Gasteiger partial charge < -0.3 is 11.1 Å². The molecule has 2 aromatic rings. The van der Waals surface area contributed by atoms with Crippen molar-refractivity contribution in [2.75, 3.05) is 11.1 Å². The van der Waals surface area contributed by atoms with Crippen LogP contribution >= 0.6 is 0 Å². The van der Waals surface area contributed by atoms with E-state index in [1.165, 1.54) is 0 Å². The Morgan fingerprint density at radius 3 is 2.88 bits per heavy atom. The quantitative estimate of drug-likeness (QED) is 0.664. The van der Waals surface area contributed by atoms with E-state index in [-0.39, 0.29) is 11.6 Å². The first-order chi connectivity index (χ1) is 7.56.